The van der Waals surface area contributed by atoms with E-state index in [1.165, 1.54) is 28.6 Å². The van der Waals surface area contributed by atoms with Gasteiger partial charge in [-0.2, -0.15) is 0 Å². The van der Waals surface area contributed by atoms with Crippen LogP contribution in [0.5, 0.6) is 0 Å². The van der Waals surface area contributed by atoms with Crippen LogP contribution in [0.15, 0.2) is 0 Å². The van der Waals surface area contributed by atoms with E-state index in [1.54, 1.807) is 13.8 Å². The van der Waals surface area contributed by atoms with E-state index >= 15 is 0 Å². The Balaban J connectivity index is 1.94. The summed E-state index contributed by atoms with van der Waals surface area (Å²) in [4.78, 5) is 69.7. The summed E-state index contributed by atoms with van der Waals surface area (Å²) in [6.07, 6.45) is 4.99. The molecule has 11 heteroatoms. The predicted molar refractivity (Wildman–Crippen MR) is 141 cm³/mol. The lowest BCUT2D eigenvalue weighted by atomic mass is 9.81. The first kappa shape index (κ1) is 29.3. The Morgan fingerprint density at radius 3 is 2.24 bits per heavy atom. The first-order chi connectivity index (χ1) is 17.2. The lowest BCUT2D eigenvalue weighted by Gasteiger charge is -2.35. The molecule has 3 fully saturated rings. The van der Waals surface area contributed by atoms with Crippen molar-refractivity contribution in [3.8, 4) is 0 Å². The van der Waals surface area contributed by atoms with Gasteiger partial charge < -0.3 is 20.2 Å². The van der Waals surface area contributed by atoms with E-state index in [-0.39, 0.29) is 30.2 Å². The van der Waals surface area contributed by atoms with Gasteiger partial charge in [-0.25, -0.2) is 4.79 Å². The molecule has 2 aliphatic heterocycles. The zero-order valence-corrected chi connectivity index (χ0v) is 23.7. The van der Waals surface area contributed by atoms with Crippen molar-refractivity contribution in [2.24, 2.45) is 17.8 Å². The quantitative estimate of drug-likeness (QED) is 0.410. The van der Waals surface area contributed by atoms with Crippen LogP contribution in [0, 0.1) is 17.8 Å². The summed E-state index contributed by atoms with van der Waals surface area (Å²) in [5, 5.41) is 13.2. The van der Waals surface area contributed by atoms with Crippen LogP contribution < -0.4 is 5.32 Å². The third-order valence-corrected chi connectivity index (χ3v) is 9.69. The number of thioether (sulfide) groups is 1. The van der Waals surface area contributed by atoms with E-state index < -0.39 is 46.1 Å². The summed E-state index contributed by atoms with van der Waals surface area (Å²) in [7, 11) is 1.51. The second kappa shape index (κ2) is 11.2. The molecule has 0 aromatic carbocycles. The number of imide groups is 1. The smallest absolute Gasteiger partial charge is 0.327 e. The highest BCUT2D eigenvalue weighted by molar-refractivity contribution is 8.00. The van der Waals surface area contributed by atoms with Gasteiger partial charge in [-0.15, -0.1) is 11.8 Å². The Hall–Kier alpha value is -2.30. The number of likely N-dealkylation sites (N-methyl/N-ethyl adjacent to an activating group) is 1. The topological polar surface area (TPSA) is 127 Å². The molecule has 2 heterocycles. The van der Waals surface area contributed by atoms with Crippen molar-refractivity contribution in [2.75, 3.05) is 26.0 Å². The molecule has 208 valence electrons. The molecule has 37 heavy (non-hydrogen) atoms. The maximum Gasteiger partial charge on any atom is 0.327 e. The Morgan fingerprint density at radius 1 is 1.11 bits per heavy atom. The number of rotatable bonds is 10. The number of hydrogen-bond acceptors (Lipinski definition) is 6. The van der Waals surface area contributed by atoms with Gasteiger partial charge in [0.2, 0.25) is 11.8 Å². The van der Waals surface area contributed by atoms with Crippen molar-refractivity contribution in [3.05, 3.63) is 0 Å². The van der Waals surface area contributed by atoms with Crippen molar-refractivity contribution in [2.45, 2.75) is 89.5 Å². The number of nitrogens with zero attached hydrogens (tertiary/aromatic N) is 3. The number of carbonyl (C=O) groups is 5. The third kappa shape index (κ3) is 5.76. The summed E-state index contributed by atoms with van der Waals surface area (Å²) in [6, 6.07) is -1.31. The van der Waals surface area contributed by atoms with Crippen LogP contribution in [-0.4, -0.2) is 91.9 Å². The van der Waals surface area contributed by atoms with Gasteiger partial charge in [0, 0.05) is 24.9 Å². The average molecular weight is 539 g/mol. The molecule has 1 unspecified atom stereocenters. The predicted octanol–water partition coefficient (Wildman–Crippen LogP) is 2.76. The molecule has 3 aliphatic rings. The van der Waals surface area contributed by atoms with Crippen LogP contribution >= 0.6 is 11.8 Å². The largest absolute Gasteiger partial charge is 0.481 e. The number of carbonyl (C=O) groups excluding carboxylic acids is 4. The monoisotopic (exact) mass is 538 g/mol. The van der Waals surface area contributed by atoms with E-state index in [4.69, 9.17) is 0 Å². The zero-order chi connectivity index (χ0) is 27.7. The molecule has 1 saturated carbocycles. The summed E-state index contributed by atoms with van der Waals surface area (Å²) < 4.78 is -0.544. The zero-order valence-electron chi connectivity index (χ0n) is 22.9. The molecule has 0 aromatic heterocycles. The van der Waals surface area contributed by atoms with Crippen LogP contribution in [0.3, 0.4) is 0 Å². The standard InChI is InChI=1S/C26H42N4O6S/c1-7-12-27-20(31)19-26(4,5)37-15-30(19)21(32)17(13-16-10-8-9-11-16)18(22(33)34)14-29-23(35)25(2,3)28(6)24(29)36/h16-19H,7-15H2,1-6H3,(H,27,31)(H,33,34)/t17?,18-,19+/m0/s1. The third-order valence-electron chi connectivity index (χ3n) is 8.31. The number of amides is 5. The first-order valence-electron chi connectivity index (χ1n) is 13.3. The second-order valence-corrected chi connectivity index (χ2v) is 13.2. The van der Waals surface area contributed by atoms with Crippen molar-refractivity contribution in [1.82, 2.24) is 20.0 Å². The number of nitrogens with one attached hydrogen (secondary N) is 1. The molecule has 3 atom stereocenters. The molecule has 0 radical (unpaired) electrons. The Kier molecular flexibility index (Phi) is 8.86. The molecule has 1 aliphatic carbocycles. The van der Waals surface area contributed by atoms with Crippen molar-refractivity contribution < 1.29 is 29.1 Å². The Bertz CT molecular complexity index is 932. The van der Waals surface area contributed by atoms with Gasteiger partial charge in [-0.1, -0.05) is 32.6 Å². The summed E-state index contributed by atoms with van der Waals surface area (Å²) in [6.45, 7) is 9.14. The highest BCUT2D eigenvalue weighted by Crippen LogP contribution is 2.42. The molecule has 2 saturated heterocycles. The fourth-order valence-electron chi connectivity index (χ4n) is 5.73. The normalized spacial score (nSPS) is 25.0. The van der Waals surface area contributed by atoms with Crippen molar-refractivity contribution >= 4 is 41.5 Å². The first-order valence-corrected chi connectivity index (χ1v) is 14.3. The molecule has 2 N–H and O–H groups in total. The number of carboxylic acid groups (broad SMARTS) is 1. The van der Waals surface area contributed by atoms with E-state index in [1.807, 2.05) is 20.8 Å². The summed E-state index contributed by atoms with van der Waals surface area (Å²) in [5.41, 5.74) is -1.09. The second-order valence-electron chi connectivity index (χ2n) is 11.6. The van der Waals surface area contributed by atoms with Crippen LogP contribution in [0.2, 0.25) is 0 Å². The number of hydrogen-bond donors (Lipinski definition) is 2. The SMILES string of the molecule is CCCNC(=O)[C@H]1N(C(=O)C(CC2CCCC2)[C@H](CN2C(=O)N(C)C(C)(C)C2=O)C(=O)O)CSC1(C)C. The number of aliphatic carboxylic acids is 1. The van der Waals surface area contributed by atoms with Gasteiger partial charge >= 0.3 is 12.0 Å². The van der Waals surface area contributed by atoms with Crippen molar-refractivity contribution in [3.63, 3.8) is 0 Å². The van der Waals surface area contributed by atoms with E-state index in [9.17, 15) is 29.1 Å². The minimum atomic E-state index is -1.27. The summed E-state index contributed by atoms with van der Waals surface area (Å²) >= 11 is 1.49. The Labute approximate surface area is 223 Å². The van der Waals surface area contributed by atoms with Gasteiger partial charge in [0.05, 0.1) is 17.7 Å². The average Bonchev–Trinajstić information content (AvgIpc) is 3.49. The maximum absolute atomic E-state index is 14.2. The molecular formula is C26H42N4O6S. The van der Waals surface area contributed by atoms with Crippen LogP contribution in [0.4, 0.5) is 4.79 Å². The van der Waals surface area contributed by atoms with Crippen LogP contribution in [-0.2, 0) is 19.2 Å². The number of carboxylic acids is 1. The molecule has 0 spiro atoms. The summed E-state index contributed by atoms with van der Waals surface area (Å²) in [5.74, 6) is -4.08. The van der Waals surface area contributed by atoms with E-state index in [0.29, 0.717) is 13.0 Å². The van der Waals surface area contributed by atoms with Gasteiger partial charge in [-0.05, 0) is 46.5 Å². The van der Waals surface area contributed by atoms with Gasteiger partial charge in [-0.3, -0.25) is 24.1 Å². The molecule has 10 nitrogen and oxygen atoms in total. The lowest BCUT2D eigenvalue weighted by molar-refractivity contribution is -0.154. The van der Waals surface area contributed by atoms with Crippen LogP contribution in [0.25, 0.3) is 0 Å². The minimum Gasteiger partial charge on any atom is -0.481 e. The van der Waals surface area contributed by atoms with Crippen molar-refractivity contribution in [1.29, 1.82) is 0 Å². The molecule has 5 amide bonds. The molecule has 0 bridgehead atoms. The van der Waals surface area contributed by atoms with Gasteiger partial charge in [0.1, 0.15) is 11.6 Å². The Morgan fingerprint density at radius 2 is 1.73 bits per heavy atom. The molecular weight excluding hydrogens is 496 g/mol. The lowest BCUT2D eigenvalue weighted by Crippen LogP contribution is -2.56. The molecule has 0 aromatic rings. The fraction of sp³-hybridized carbons (Fsp3) is 0.808. The fourth-order valence-corrected chi connectivity index (χ4v) is 6.87. The van der Waals surface area contributed by atoms with Gasteiger partial charge in [0.25, 0.3) is 5.91 Å². The van der Waals surface area contributed by atoms with E-state index in [0.717, 1.165) is 37.0 Å². The number of urea groups is 1. The van der Waals surface area contributed by atoms with Gasteiger partial charge in [0.15, 0.2) is 0 Å². The van der Waals surface area contributed by atoms with Crippen LogP contribution in [0.1, 0.15) is 73.1 Å². The minimum absolute atomic E-state index is 0.190. The van der Waals surface area contributed by atoms with E-state index in [2.05, 4.69) is 5.32 Å². The highest BCUT2D eigenvalue weighted by atomic mass is 32.2. The molecule has 3 rings (SSSR count). The maximum atomic E-state index is 14.2. The highest BCUT2D eigenvalue weighted by Gasteiger charge is 2.54.